The van der Waals surface area contributed by atoms with Crippen molar-refractivity contribution in [1.29, 1.82) is 0 Å². The maximum Gasteiger partial charge on any atom is 0.310 e. The van der Waals surface area contributed by atoms with E-state index in [4.69, 9.17) is 9.47 Å². The standard InChI is InChI=1S/C15H18FNO4/c1-20-12-7-3-6-11(16)13(12)14(18)17-8-4-5-10(9-17)15(19)21-2/h3,6-7,10H,4-5,8-9H2,1-2H3/t10-/m0/s1. The van der Waals surface area contributed by atoms with Gasteiger partial charge in [-0.1, -0.05) is 6.07 Å². The van der Waals surface area contributed by atoms with E-state index in [1.54, 1.807) is 0 Å². The summed E-state index contributed by atoms with van der Waals surface area (Å²) in [5, 5.41) is 0. The van der Waals surface area contributed by atoms with E-state index in [2.05, 4.69) is 0 Å². The molecule has 0 aromatic heterocycles. The molecule has 1 amide bonds. The minimum Gasteiger partial charge on any atom is -0.496 e. The highest BCUT2D eigenvalue weighted by atomic mass is 19.1. The summed E-state index contributed by atoms with van der Waals surface area (Å²) in [7, 11) is 2.71. The second-order valence-electron chi connectivity index (χ2n) is 4.93. The van der Waals surface area contributed by atoms with Crippen LogP contribution in [-0.2, 0) is 9.53 Å². The first-order valence-corrected chi connectivity index (χ1v) is 6.78. The Hall–Kier alpha value is -2.11. The summed E-state index contributed by atoms with van der Waals surface area (Å²) in [6, 6.07) is 4.24. The van der Waals surface area contributed by atoms with Gasteiger partial charge in [0, 0.05) is 13.1 Å². The molecule has 114 valence electrons. The molecular weight excluding hydrogens is 277 g/mol. The molecule has 1 heterocycles. The Morgan fingerprint density at radius 2 is 2.10 bits per heavy atom. The van der Waals surface area contributed by atoms with Crippen molar-refractivity contribution in [2.75, 3.05) is 27.3 Å². The Balaban J connectivity index is 2.22. The van der Waals surface area contributed by atoms with Gasteiger partial charge in [0.2, 0.25) is 0 Å². The molecule has 1 aliphatic heterocycles. The van der Waals surface area contributed by atoms with Crippen molar-refractivity contribution in [3.63, 3.8) is 0 Å². The average molecular weight is 295 g/mol. The van der Waals surface area contributed by atoms with Crippen molar-refractivity contribution in [2.24, 2.45) is 5.92 Å². The number of methoxy groups -OCH3 is 2. The molecule has 1 atom stereocenters. The Morgan fingerprint density at radius 3 is 2.76 bits per heavy atom. The first-order valence-electron chi connectivity index (χ1n) is 6.78. The van der Waals surface area contributed by atoms with Crippen molar-refractivity contribution >= 4 is 11.9 Å². The van der Waals surface area contributed by atoms with Crippen LogP contribution in [0.1, 0.15) is 23.2 Å². The Bertz CT molecular complexity index is 546. The topological polar surface area (TPSA) is 55.8 Å². The number of carbonyl (C=O) groups excluding carboxylic acids is 2. The van der Waals surface area contributed by atoms with Gasteiger partial charge >= 0.3 is 5.97 Å². The fraction of sp³-hybridized carbons (Fsp3) is 0.467. The maximum atomic E-state index is 13.9. The van der Waals surface area contributed by atoms with Crippen molar-refractivity contribution < 1.29 is 23.5 Å². The quantitative estimate of drug-likeness (QED) is 0.799. The molecule has 1 aromatic rings. The zero-order valence-corrected chi connectivity index (χ0v) is 12.1. The normalized spacial score (nSPS) is 18.2. The predicted octanol–water partition coefficient (Wildman–Crippen LogP) is 1.86. The van der Waals surface area contributed by atoms with Gasteiger partial charge in [-0.15, -0.1) is 0 Å². The van der Waals surface area contributed by atoms with Crippen LogP contribution in [0.3, 0.4) is 0 Å². The molecule has 1 saturated heterocycles. The second-order valence-corrected chi connectivity index (χ2v) is 4.93. The predicted molar refractivity (Wildman–Crippen MR) is 73.6 cm³/mol. The third-order valence-corrected chi connectivity index (χ3v) is 3.65. The Kier molecular flexibility index (Phi) is 4.77. The number of hydrogen-bond donors (Lipinski definition) is 0. The van der Waals surface area contributed by atoms with Gasteiger partial charge in [-0.05, 0) is 25.0 Å². The lowest BCUT2D eigenvalue weighted by atomic mass is 9.97. The highest BCUT2D eigenvalue weighted by Gasteiger charge is 2.31. The third-order valence-electron chi connectivity index (χ3n) is 3.65. The van der Waals surface area contributed by atoms with Gasteiger partial charge in [-0.2, -0.15) is 0 Å². The van der Waals surface area contributed by atoms with E-state index in [9.17, 15) is 14.0 Å². The number of likely N-dealkylation sites (tertiary alicyclic amines) is 1. The number of piperidine rings is 1. The largest absolute Gasteiger partial charge is 0.496 e. The van der Waals surface area contributed by atoms with Gasteiger partial charge in [0.05, 0.1) is 20.1 Å². The van der Waals surface area contributed by atoms with Crippen LogP contribution in [0.15, 0.2) is 18.2 Å². The van der Waals surface area contributed by atoms with Crippen LogP contribution < -0.4 is 4.74 Å². The molecule has 0 aliphatic carbocycles. The lowest BCUT2D eigenvalue weighted by molar-refractivity contribution is -0.146. The summed E-state index contributed by atoms with van der Waals surface area (Å²) < 4.78 is 23.7. The van der Waals surface area contributed by atoms with Crippen LogP contribution >= 0.6 is 0 Å². The molecular formula is C15H18FNO4. The first-order chi connectivity index (χ1) is 10.1. The molecule has 1 fully saturated rings. The number of hydrogen-bond acceptors (Lipinski definition) is 4. The van der Waals surface area contributed by atoms with Gasteiger partial charge < -0.3 is 14.4 Å². The molecule has 0 N–H and O–H groups in total. The van der Waals surface area contributed by atoms with E-state index in [0.29, 0.717) is 19.4 Å². The first kappa shape index (κ1) is 15.3. The van der Waals surface area contributed by atoms with E-state index in [1.807, 2.05) is 0 Å². The fourth-order valence-electron chi connectivity index (χ4n) is 2.56. The van der Waals surface area contributed by atoms with Crippen LogP contribution in [0.5, 0.6) is 5.75 Å². The van der Waals surface area contributed by atoms with E-state index < -0.39 is 11.7 Å². The number of ether oxygens (including phenoxy) is 2. The average Bonchev–Trinajstić information content (AvgIpc) is 2.53. The van der Waals surface area contributed by atoms with Crippen molar-refractivity contribution in [2.45, 2.75) is 12.8 Å². The summed E-state index contributed by atoms with van der Waals surface area (Å²) in [4.78, 5) is 25.6. The molecule has 0 bridgehead atoms. The number of nitrogens with zero attached hydrogens (tertiary/aromatic N) is 1. The zero-order valence-electron chi connectivity index (χ0n) is 12.1. The third kappa shape index (κ3) is 3.15. The van der Waals surface area contributed by atoms with Gasteiger partial charge in [-0.3, -0.25) is 9.59 Å². The van der Waals surface area contributed by atoms with Crippen LogP contribution in [-0.4, -0.2) is 44.1 Å². The number of amides is 1. The molecule has 1 aromatic carbocycles. The number of esters is 1. The molecule has 2 rings (SSSR count). The number of benzene rings is 1. The minimum absolute atomic E-state index is 0.0921. The Labute approximate surface area is 122 Å². The molecule has 6 heteroatoms. The SMILES string of the molecule is COC(=O)[C@H]1CCCN(C(=O)c2c(F)cccc2OC)C1. The van der Waals surface area contributed by atoms with Crippen LogP contribution in [0.2, 0.25) is 0 Å². The molecule has 1 aliphatic rings. The molecule has 0 unspecified atom stereocenters. The summed E-state index contributed by atoms with van der Waals surface area (Å²) in [5.74, 6) is -1.59. The van der Waals surface area contributed by atoms with Crippen molar-refractivity contribution in [3.05, 3.63) is 29.6 Å². The van der Waals surface area contributed by atoms with Gasteiger partial charge in [0.1, 0.15) is 17.1 Å². The second kappa shape index (κ2) is 6.56. The molecule has 0 saturated carbocycles. The van der Waals surface area contributed by atoms with E-state index >= 15 is 0 Å². The summed E-state index contributed by atoms with van der Waals surface area (Å²) in [6.45, 7) is 0.729. The smallest absolute Gasteiger partial charge is 0.310 e. The number of rotatable bonds is 3. The molecule has 21 heavy (non-hydrogen) atoms. The summed E-state index contributed by atoms with van der Waals surface area (Å²) >= 11 is 0. The lowest BCUT2D eigenvalue weighted by Gasteiger charge is -2.31. The number of carbonyl (C=O) groups is 2. The maximum absolute atomic E-state index is 13.9. The molecule has 5 nitrogen and oxygen atoms in total. The van der Waals surface area contributed by atoms with Gasteiger partial charge in [0.25, 0.3) is 5.91 Å². The summed E-state index contributed by atoms with van der Waals surface area (Å²) in [5.41, 5.74) is -0.0921. The van der Waals surface area contributed by atoms with Gasteiger partial charge in [0.15, 0.2) is 0 Å². The van der Waals surface area contributed by atoms with E-state index in [0.717, 1.165) is 0 Å². The number of halogens is 1. The van der Waals surface area contributed by atoms with Crippen LogP contribution in [0, 0.1) is 11.7 Å². The summed E-state index contributed by atoms with van der Waals surface area (Å²) in [6.07, 6.45) is 1.35. The van der Waals surface area contributed by atoms with Crippen LogP contribution in [0.4, 0.5) is 4.39 Å². The van der Waals surface area contributed by atoms with Gasteiger partial charge in [-0.25, -0.2) is 4.39 Å². The lowest BCUT2D eigenvalue weighted by Crippen LogP contribution is -2.43. The fourth-order valence-corrected chi connectivity index (χ4v) is 2.56. The molecule has 0 spiro atoms. The van der Waals surface area contributed by atoms with Crippen LogP contribution in [0.25, 0.3) is 0 Å². The van der Waals surface area contributed by atoms with Crippen molar-refractivity contribution in [1.82, 2.24) is 4.90 Å². The monoisotopic (exact) mass is 295 g/mol. The van der Waals surface area contributed by atoms with E-state index in [1.165, 1.54) is 37.3 Å². The molecule has 0 radical (unpaired) electrons. The van der Waals surface area contributed by atoms with E-state index in [-0.39, 0.29) is 29.7 Å². The zero-order chi connectivity index (χ0) is 15.4. The van der Waals surface area contributed by atoms with Crippen molar-refractivity contribution in [3.8, 4) is 5.75 Å². The highest BCUT2D eigenvalue weighted by molar-refractivity contribution is 5.97. The highest BCUT2D eigenvalue weighted by Crippen LogP contribution is 2.26. The Morgan fingerprint density at radius 1 is 1.33 bits per heavy atom. The minimum atomic E-state index is -0.625.